The van der Waals surface area contributed by atoms with E-state index in [2.05, 4.69) is 69.2 Å². The number of aromatic amines is 2. The Morgan fingerprint density at radius 3 is 1.64 bits per heavy atom. The number of benzene rings is 2. The molecule has 0 saturated carbocycles. The summed E-state index contributed by atoms with van der Waals surface area (Å²) in [4.78, 5) is 6.63. The number of nitrogens with one attached hydrogen (secondary N) is 4. The first-order chi connectivity index (χ1) is 13.7. The van der Waals surface area contributed by atoms with Crippen molar-refractivity contribution in [1.29, 1.82) is 0 Å². The van der Waals surface area contributed by atoms with Crippen molar-refractivity contribution in [3.8, 4) is 0 Å². The normalized spacial score (nSPS) is 17.3. The van der Waals surface area contributed by atoms with Gasteiger partial charge < -0.3 is 20.6 Å². The molecule has 28 heavy (non-hydrogen) atoms. The van der Waals surface area contributed by atoms with Gasteiger partial charge >= 0.3 is 0 Å². The molecule has 1 fully saturated rings. The lowest BCUT2D eigenvalue weighted by Gasteiger charge is -2.23. The first-order valence-corrected chi connectivity index (χ1v) is 11.3. The second-order valence-corrected chi connectivity index (χ2v) is 9.88. The third kappa shape index (κ3) is 3.33. The molecule has 4 aromatic rings. The van der Waals surface area contributed by atoms with Gasteiger partial charge in [-0.05, 0) is 48.7 Å². The van der Waals surface area contributed by atoms with Crippen LogP contribution in [0.1, 0.15) is 11.1 Å². The van der Waals surface area contributed by atoms with E-state index in [4.69, 9.17) is 24.4 Å². The molecule has 4 N–H and O–H groups in total. The molecule has 2 aromatic heterocycles. The Kier molecular flexibility index (Phi) is 4.64. The zero-order chi connectivity index (χ0) is 19.1. The van der Waals surface area contributed by atoms with Gasteiger partial charge in [-0.3, -0.25) is 0 Å². The minimum absolute atomic E-state index is 0.797. The van der Waals surface area contributed by atoms with Gasteiger partial charge in [-0.1, -0.05) is 24.3 Å². The maximum atomic E-state index is 5.33. The first kappa shape index (κ1) is 17.8. The minimum Gasteiger partial charge on any atom is -0.382 e. The van der Waals surface area contributed by atoms with E-state index in [1.165, 1.54) is 9.40 Å². The van der Waals surface area contributed by atoms with Crippen molar-refractivity contribution >= 4 is 79.7 Å². The Morgan fingerprint density at radius 2 is 1.18 bits per heavy atom. The first-order valence-electron chi connectivity index (χ1n) is 8.82. The molecule has 0 radical (unpaired) electrons. The van der Waals surface area contributed by atoms with Gasteiger partial charge in [-0.25, -0.2) is 0 Å². The highest BCUT2D eigenvalue weighted by molar-refractivity contribution is 7.74. The topological polar surface area (TPSA) is 55.6 Å². The fourth-order valence-corrected chi connectivity index (χ4v) is 5.67. The van der Waals surface area contributed by atoms with Crippen LogP contribution in [0.3, 0.4) is 0 Å². The van der Waals surface area contributed by atoms with Crippen LogP contribution in [0.15, 0.2) is 47.8 Å². The van der Waals surface area contributed by atoms with Crippen molar-refractivity contribution in [2.45, 2.75) is 0 Å². The molecular formula is C20H16N4S4. The van der Waals surface area contributed by atoms with E-state index in [0.29, 0.717) is 0 Å². The van der Waals surface area contributed by atoms with Crippen molar-refractivity contribution in [1.82, 2.24) is 20.6 Å². The predicted octanol–water partition coefficient (Wildman–Crippen LogP) is 5.81. The Labute approximate surface area is 179 Å². The van der Waals surface area contributed by atoms with Crippen LogP contribution in [-0.2, 0) is 0 Å². The highest BCUT2D eigenvalue weighted by atomic mass is 32.2. The fraction of sp³-hybridized carbons (Fsp3) is 0.100. The predicted molar refractivity (Wildman–Crippen MR) is 126 cm³/mol. The Balaban J connectivity index is 1.63. The number of hydrogen-bond donors (Lipinski definition) is 4. The quantitative estimate of drug-likeness (QED) is 0.297. The zero-order valence-corrected chi connectivity index (χ0v) is 17.9. The lowest BCUT2D eigenvalue weighted by atomic mass is 10.1. The van der Waals surface area contributed by atoms with Gasteiger partial charge in [0, 0.05) is 24.2 Å². The second kappa shape index (κ2) is 7.29. The number of aromatic nitrogens is 2. The molecule has 8 heteroatoms. The van der Waals surface area contributed by atoms with Crippen molar-refractivity contribution in [3.63, 3.8) is 0 Å². The van der Waals surface area contributed by atoms with Crippen molar-refractivity contribution in [2.75, 3.05) is 13.1 Å². The van der Waals surface area contributed by atoms with E-state index < -0.39 is 0 Å². The SMILES string of the molecule is S=c1[nH]c2c(C=C3NCCNC3=Cc3cccc4sc(=S)[nH]c34)cccc2s1. The average Bonchev–Trinajstić information content (AvgIpc) is 3.25. The van der Waals surface area contributed by atoms with E-state index >= 15 is 0 Å². The van der Waals surface area contributed by atoms with Crippen molar-refractivity contribution in [3.05, 3.63) is 66.8 Å². The molecule has 0 unspecified atom stereocenters. The summed E-state index contributed by atoms with van der Waals surface area (Å²) in [6, 6.07) is 12.5. The molecule has 1 aliphatic rings. The molecular weight excluding hydrogens is 425 g/mol. The maximum absolute atomic E-state index is 5.33. The van der Waals surface area contributed by atoms with Crippen LogP contribution < -0.4 is 10.6 Å². The lowest BCUT2D eigenvalue weighted by Crippen LogP contribution is -2.36. The molecule has 0 amide bonds. The summed E-state index contributed by atoms with van der Waals surface area (Å²) in [6.45, 7) is 1.76. The number of rotatable bonds is 2. The molecule has 140 valence electrons. The highest BCUT2D eigenvalue weighted by Gasteiger charge is 2.13. The van der Waals surface area contributed by atoms with E-state index in [-0.39, 0.29) is 0 Å². The Hall–Kier alpha value is -2.26. The van der Waals surface area contributed by atoms with Gasteiger partial charge in [0.2, 0.25) is 0 Å². The molecule has 0 atom stereocenters. The molecule has 3 heterocycles. The maximum Gasteiger partial charge on any atom is 0.159 e. The van der Waals surface area contributed by atoms with Gasteiger partial charge in [0.25, 0.3) is 0 Å². The van der Waals surface area contributed by atoms with Crippen LogP contribution in [0.2, 0.25) is 0 Å². The molecule has 0 spiro atoms. The van der Waals surface area contributed by atoms with Gasteiger partial charge in [0.05, 0.1) is 31.8 Å². The molecule has 1 saturated heterocycles. The molecule has 4 nitrogen and oxygen atoms in total. The number of para-hydroxylation sites is 2. The molecule has 0 bridgehead atoms. The van der Waals surface area contributed by atoms with Crippen LogP contribution in [0.4, 0.5) is 0 Å². The fourth-order valence-electron chi connectivity index (χ4n) is 3.38. The number of fused-ring (bicyclic) bond motifs is 2. The number of hydrogen-bond acceptors (Lipinski definition) is 6. The van der Waals surface area contributed by atoms with Gasteiger partial charge in [-0.15, -0.1) is 22.7 Å². The highest BCUT2D eigenvalue weighted by Crippen LogP contribution is 2.27. The number of thiazole rings is 2. The molecule has 1 aliphatic heterocycles. The minimum atomic E-state index is 0.797. The second-order valence-electron chi connectivity index (χ2n) is 6.44. The third-order valence-corrected chi connectivity index (χ3v) is 7.02. The molecule has 5 rings (SSSR count). The smallest absolute Gasteiger partial charge is 0.159 e. The summed E-state index contributed by atoms with van der Waals surface area (Å²) in [6.07, 6.45) is 4.35. The summed E-state index contributed by atoms with van der Waals surface area (Å²) in [5, 5.41) is 7.06. The van der Waals surface area contributed by atoms with Crippen molar-refractivity contribution in [2.24, 2.45) is 0 Å². The number of piperazine rings is 1. The Bertz CT molecular complexity index is 1260. The van der Waals surface area contributed by atoms with Gasteiger partial charge in [0.1, 0.15) is 0 Å². The summed E-state index contributed by atoms with van der Waals surface area (Å²) >= 11 is 13.9. The van der Waals surface area contributed by atoms with E-state index in [1.807, 2.05) is 0 Å². The van der Waals surface area contributed by atoms with Crippen LogP contribution in [0.25, 0.3) is 32.6 Å². The largest absolute Gasteiger partial charge is 0.382 e. The lowest BCUT2D eigenvalue weighted by molar-refractivity contribution is 0.665. The summed E-state index contributed by atoms with van der Waals surface area (Å²) in [5.41, 5.74) is 6.54. The summed E-state index contributed by atoms with van der Waals surface area (Å²) < 4.78 is 3.94. The van der Waals surface area contributed by atoms with Crippen LogP contribution in [-0.4, -0.2) is 23.1 Å². The average molecular weight is 441 g/mol. The standard InChI is InChI=1S/C20H16N4S4/c25-19-23-17-11(3-1-5-15(17)27-19)9-13-14(22-8-7-21-13)10-12-4-2-6-16-18(12)24-20(26)28-16/h1-6,9-10,21-22H,7-8H2,(H,23,25)(H,24,26). The Morgan fingerprint density at radius 1 is 0.714 bits per heavy atom. The van der Waals surface area contributed by atoms with E-state index in [1.54, 1.807) is 22.7 Å². The molecule has 2 aromatic carbocycles. The summed E-state index contributed by atoms with van der Waals surface area (Å²) in [5.74, 6) is 0. The van der Waals surface area contributed by atoms with Crippen LogP contribution in [0, 0.1) is 7.91 Å². The monoisotopic (exact) mass is 440 g/mol. The van der Waals surface area contributed by atoms with Crippen molar-refractivity contribution < 1.29 is 0 Å². The van der Waals surface area contributed by atoms with Crippen LogP contribution in [0.5, 0.6) is 0 Å². The zero-order valence-electron chi connectivity index (χ0n) is 14.7. The molecule has 0 aliphatic carbocycles. The number of H-pyrrole nitrogens is 2. The van der Waals surface area contributed by atoms with Crippen LogP contribution >= 0.6 is 47.1 Å². The van der Waals surface area contributed by atoms with Gasteiger partial charge in [-0.2, -0.15) is 0 Å². The third-order valence-electron chi connectivity index (χ3n) is 4.62. The van der Waals surface area contributed by atoms with Gasteiger partial charge in [0.15, 0.2) is 7.91 Å². The summed E-state index contributed by atoms with van der Waals surface area (Å²) in [7, 11) is 0. The van der Waals surface area contributed by atoms with E-state index in [0.717, 1.165) is 54.6 Å². The van der Waals surface area contributed by atoms with E-state index in [9.17, 15) is 0 Å².